The van der Waals surface area contributed by atoms with Crippen LogP contribution in [0.25, 0.3) is 10.8 Å². The lowest BCUT2D eigenvalue weighted by Gasteiger charge is -2.56. The van der Waals surface area contributed by atoms with Gasteiger partial charge in [-0.25, -0.2) is 0 Å². The van der Waals surface area contributed by atoms with Gasteiger partial charge < -0.3 is 10.1 Å². The van der Waals surface area contributed by atoms with Crippen LogP contribution in [0.5, 0.6) is 5.75 Å². The number of carbonyl (C=O) groups excluding carboxylic acids is 1. The predicted octanol–water partition coefficient (Wildman–Crippen LogP) is 4.55. The Hall–Kier alpha value is -2.03. The summed E-state index contributed by atoms with van der Waals surface area (Å²) in [6.07, 6.45) is 7.76. The number of methoxy groups -OCH3 is 1. The molecule has 0 heterocycles. The molecule has 4 aliphatic carbocycles. The Kier molecular flexibility index (Phi) is 3.34. The Morgan fingerprint density at radius 3 is 2.20 bits per heavy atom. The lowest BCUT2D eigenvalue weighted by Crippen LogP contribution is -2.59. The highest BCUT2D eigenvalue weighted by molar-refractivity contribution is 5.99. The second kappa shape index (κ2) is 5.48. The van der Waals surface area contributed by atoms with Crippen LogP contribution in [0.3, 0.4) is 0 Å². The average Bonchev–Trinajstić information content (AvgIpc) is 2.59. The van der Waals surface area contributed by atoms with Crippen molar-refractivity contribution in [2.24, 2.45) is 17.8 Å². The Balaban J connectivity index is 1.40. The van der Waals surface area contributed by atoms with Crippen molar-refractivity contribution in [3.63, 3.8) is 0 Å². The quantitative estimate of drug-likeness (QED) is 0.894. The number of rotatable bonds is 3. The number of fused-ring (bicyclic) bond motifs is 1. The first-order chi connectivity index (χ1) is 12.1. The van der Waals surface area contributed by atoms with Crippen LogP contribution < -0.4 is 10.1 Å². The van der Waals surface area contributed by atoms with E-state index in [1.54, 1.807) is 7.11 Å². The minimum Gasteiger partial charge on any atom is -0.497 e. The second-order valence-electron chi connectivity index (χ2n) is 8.58. The van der Waals surface area contributed by atoms with E-state index in [1.807, 2.05) is 36.4 Å². The van der Waals surface area contributed by atoms with Crippen LogP contribution in [0.2, 0.25) is 0 Å². The summed E-state index contributed by atoms with van der Waals surface area (Å²) in [7, 11) is 1.68. The van der Waals surface area contributed by atoms with Crippen LogP contribution in [0.1, 0.15) is 48.9 Å². The molecule has 4 saturated carbocycles. The minimum atomic E-state index is 0.0701. The van der Waals surface area contributed by atoms with Gasteiger partial charge in [-0.3, -0.25) is 4.79 Å². The Bertz CT molecular complexity index is 806. The van der Waals surface area contributed by atoms with Gasteiger partial charge in [0.05, 0.1) is 7.11 Å². The van der Waals surface area contributed by atoms with Crippen molar-refractivity contribution in [3.05, 3.63) is 42.0 Å². The molecule has 1 N–H and O–H groups in total. The molecule has 4 bridgehead atoms. The molecule has 0 saturated heterocycles. The van der Waals surface area contributed by atoms with E-state index in [2.05, 4.69) is 5.32 Å². The monoisotopic (exact) mass is 335 g/mol. The van der Waals surface area contributed by atoms with Crippen molar-refractivity contribution in [3.8, 4) is 5.75 Å². The first kappa shape index (κ1) is 15.2. The highest BCUT2D eigenvalue weighted by Crippen LogP contribution is 2.55. The van der Waals surface area contributed by atoms with E-state index < -0.39 is 0 Å². The van der Waals surface area contributed by atoms with Gasteiger partial charge in [-0.2, -0.15) is 0 Å². The number of benzene rings is 2. The molecule has 0 radical (unpaired) electrons. The van der Waals surface area contributed by atoms with E-state index in [4.69, 9.17) is 4.74 Å². The van der Waals surface area contributed by atoms with Crippen molar-refractivity contribution < 1.29 is 9.53 Å². The van der Waals surface area contributed by atoms with Crippen molar-refractivity contribution >= 4 is 16.7 Å². The van der Waals surface area contributed by atoms with Crippen molar-refractivity contribution in [2.45, 2.75) is 44.1 Å². The summed E-state index contributed by atoms with van der Waals surface area (Å²) in [4.78, 5) is 13.0. The van der Waals surface area contributed by atoms with Crippen LogP contribution in [-0.2, 0) is 0 Å². The van der Waals surface area contributed by atoms with E-state index in [0.29, 0.717) is 0 Å². The maximum atomic E-state index is 13.0. The highest BCUT2D eigenvalue weighted by atomic mass is 16.5. The highest BCUT2D eigenvalue weighted by Gasteiger charge is 2.51. The van der Waals surface area contributed by atoms with Crippen LogP contribution >= 0.6 is 0 Å². The first-order valence-electron chi connectivity index (χ1n) is 9.53. The largest absolute Gasteiger partial charge is 0.497 e. The van der Waals surface area contributed by atoms with Crippen LogP contribution in [0.15, 0.2) is 36.4 Å². The summed E-state index contributed by atoms with van der Waals surface area (Å²) in [5.41, 5.74) is 0.842. The third-order valence-corrected chi connectivity index (χ3v) is 6.73. The molecule has 0 aromatic heterocycles. The summed E-state index contributed by atoms with van der Waals surface area (Å²) in [5, 5.41) is 5.65. The standard InChI is InChI=1S/C22H25NO2/c1-25-20-5-4-17-9-19(3-2-18(17)10-20)21(24)23-22-11-14-6-15(12-22)8-16(7-14)13-22/h2-5,9-10,14-16H,6-8,11-13H2,1H3,(H,23,24). The normalized spacial score (nSPS) is 32.8. The van der Waals surface area contributed by atoms with Gasteiger partial charge in [0.15, 0.2) is 0 Å². The van der Waals surface area contributed by atoms with E-state index in [9.17, 15) is 4.79 Å². The summed E-state index contributed by atoms with van der Waals surface area (Å²) in [6, 6.07) is 11.9. The van der Waals surface area contributed by atoms with Crippen molar-refractivity contribution in [1.82, 2.24) is 5.32 Å². The molecule has 3 heteroatoms. The molecule has 0 aliphatic heterocycles. The fourth-order valence-corrected chi connectivity index (χ4v) is 6.07. The second-order valence-corrected chi connectivity index (χ2v) is 8.58. The molecule has 2 aromatic rings. The molecule has 0 unspecified atom stereocenters. The van der Waals surface area contributed by atoms with Crippen LogP contribution in [0, 0.1) is 17.8 Å². The molecule has 3 nitrogen and oxygen atoms in total. The van der Waals surface area contributed by atoms with Crippen LogP contribution in [0.4, 0.5) is 0 Å². The molecule has 0 atom stereocenters. The van der Waals surface area contributed by atoms with Gasteiger partial charge in [-0.15, -0.1) is 0 Å². The molecule has 25 heavy (non-hydrogen) atoms. The topological polar surface area (TPSA) is 38.3 Å². The Morgan fingerprint density at radius 2 is 1.56 bits per heavy atom. The number of amides is 1. The molecule has 130 valence electrons. The Labute approximate surface area is 148 Å². The van der Waals surface area contributed by atoms with Gasteiger partial charge in [0.25, 0.3) is 5.91 Å². The SMILES string of the molecule is COc1ccc2cc(C(=O)NC34CC5CC(CC(C5)C3)C4)ccc2c1. The number of hydrogen-bond acceptors (Lipinski definition) is 2. The lowest BCUT2D eigenvalue weighted by molar-refractivity contribution is -0.0167. The number of nitrogens with one attached hydrogen (secondary N) is 1. The molecule has 4 aliphatic rings. The smallest absolute Gasteiger partial charge is 0.251 e. The first-order valence-corrected chi connectivity index (χ1v) is 9.53. The minimum absolute atomic E-state index is 0.0701. The molecule has 0 spiro atoms. The average molecular weight is 335 g/mol. The number of ether oxygens (including phenoxy) is 1. The fourth-order valence-electron chi connectivity index (χ4n) is 6.07. The number of hydrogen-bond donors (Lipinski definition) is 1. The van der Waals surface area contributed by atoms with Gasteiger partial charge in [-0.1, -0.05) is 12.1 Å². The van der Waals surface area contributed by atoms with Gasteiger partial charge in [0, 0.05) is 11.1 Å². The van der Waals surface area contributed by atoms with Crippen molar-refractivity contribution in [1.29, 1.82) is 0 Å². The third-order valence-electron chi connectivity index (χ3n) is 6.73. The van der Waals surface area contributed by atoms with E-state index in [0.717, 1.165) is 39.8 Å². The fraction of sp³-hybridized carbons (Fsp3) is 0.500. The zero-order valence-corrected chi connectivity index (χ0v) is 14.8. The summed E-state index contributed by atoms with van der Waals surface area (Å²) < 4.78 is 5.28. The third kappa shape index (κ3) is 2.61. The van der Waals surface area contributed by atoms with Crippen molar-refractivity contribution in [2.75, 3.05) is 7.11 Å². The molecular formula is C22H25NO2. The maximum Gasteiger partial charge on any atom is 0.251 e. The predicted molar refractivity (Wildman–Crippen MR) is 98.9 cm³/mol. The molecule has 4 fully saturated rings. The summed E-state index contributed by atoms with van der Waals surface area (Å²) >= 11 is 0. The zero-order valence-electron chi connectivity index (χ0n) is 14.8. The van der Waals surface area contributed by atoms with E-state index >= 15 is 0 Å². The molecular weight excluding hydrogens is 310 g/mol. The number of carbonyl (C=O) groups is 1. The molecule has 2 aromatic carbocycles. The van der Waals surface area contributed by atoms with Gasteiger partial charge in [0.1, 0.15) is 5.75 Å². The summed E-state index contributed by atoms with van der Waals surface area (Å²) in [5.74, 6) is 3.47. The van der Waals surface area contributed by atoms with E-state index in [-0.39, 0.29) is 11.4 Å². The van der Waals surface area contributed by atoms with Gasteiger partial charge in [-0.05, 0) is 91.3 Å². The van der Waals surface area contributed by atoms with Crippen LogP contribution in [-0.4, -0.2) is 18.6 Å². The Morgan fingerprint density at radius 1 is 0.960 bits per heavy atom. The van der Waals surface area contributed by atoms with E-state index in [1.165, 1.54) is 38.5 Å². The molecule has 1 amide bonds. The summed E-state index contributed by atoms with van der Waals surface area (Å²) in [6.45, 7) is 0. The molecule has 6 rings (SSSR count). The van der Waals surface area contributed by atoms with Gasteiger partial charge >= 0.3 is 0 Å². The van der Waals surface area contributed by atoms with Gasteiger partial charge in [0.2, 0.25) is 0 Å². The zero-order chi connectivity index (χ0) is 17.0. The lowest BCUT2D eigenvalue weighted by atomic mass is 9.53. The maximum absolute atomic E-state index is 13.0.